The van der Waals surface area contributed by atoms with Crippen LogP contribution in [0.5, 0.6) is 0 Å². The van der Waals surface area contributed by atoms with Gasteiger partial charge in [-0.3, -0.25) is 4.79 Å². The Balaban J connectivity index is 1.30. The number of nitrogens with zero attached hydrogens (tertiary/aromatic N) is 2. The molecule has 0 spiro atoms. The fourth-order valence-corrected chi connectivity index (χ4v) is 4.91. The van der Waals surface area contributed by atoms with Crippen molar-refractivity contribution in [2.45, 2.75) is 57.3 Å². The number of likely N-dealkylation sites (tertiary alicyclic amines) is 1. The van der Waals surface area contributed by atoms with Crippen LogP contribution in [0.4, 0.5) is 10.5 Å². The van der Waals surface area contributed by atoms with Gasteiger partial charge in [-0.1, -0.05) is 43.7 Å². The second-order valence-electron chi connectivity index (χ2n) is 9.74. The van der Waals surface area contributed by atoms with Crippen LogP contribution in [0.1, 0.15) is 60.0 Å². The van der Waals surface area contributed by atoms with Gasteiger partial charge in [0.2, 0.25) is 0 Å². The van der Waals surface area contributed by atoms with E-state index >= 15 is 0 Å². The molecule has 194 valence electrons. The number of amides is 2. The van der Waals surface area contributed by atoms with Crippen molar-refractivity contribution < 1.29 is 24.5 Å². The van der Waals surface area contributed by atoms with Gasteiger partial charge in [0.15, 0.2) is 0 Å². The fraction of sp³-hybridized carbons (Fsp3) is 0.500. The lowest BCUT2D eigenvalue weighted by molar-refractivity contribution is 0.0572. The minimum Gasteiger partial charge on any atom is -0.450 e. The predicted molar refractivity (Wildman–Crippen MR) is 138 cm³/mol. The Hall–Kier alpha value is -3.10. The van der Waals surface area contributed by atoms with Crippen molar-refractivity contribution in [3.8, 4) is 0 Å². The number of alkyl carbamates (subject to hydrolysis) is 1. The molecule has 2 aromatic rings. The largest absolute Gasteiger partial charge is 0.450 e. The summed E-state index contributed by atoms with van der Waals surface area (Å²) in [6.07, 6.45) is 1.69. The lowest BCUT2D eigenvalue weighted by atomic mass is 9.88. The van der Waals surface area contributed by atoms with Gasteiger partial charge in [-0.25, -0.2) is 4.79 Å². The van der Waals surface area contributed by atoms with Gasteiger partial charge in [0, 0.05) is 44.0 Å². The molecular formula is C28H37N3O5. The van der Waals surface area contributed by atoms with Crippen LogP contribution in [0, 0.1) is 0 Å². The quantitative estimate of drug-likeness (QED) is 0.486. The second-order valence-corrected chi connectivity index (χ2v) is 9.74. The third kappa shape index (κ3) is 6.56. The molecule has 2 aliphatic heterocycles. The van der Waals surface area contributed by atoms with Gasteiger partial charge < -0.3 is 30.1 Å². The standard InChI is InChI=1S/C28H37N3O5/c1-2-3-14-36-28(35)29-17-20-6-4-7-22(15-20)21-10-12-30(13-11-21)27(34)23-8-5-9-24(16-23)31-18-25(32)26(33)19-31/h4-9,15-16,21,25-26,32-33H,2-3,10-14,17-19H2,1H3,(H,29,35). The third-order valence-electron chi connectivity index (χ3n) is 7.09. The molecule has 0 aliphatic carbocycles. The normalized spacial score (nSPS) is 20.4. The Morgan fingerprint density at radius 2 is 1.75 bits per heavy atom. The Labute approximate surface area is 212 Å². The zero-order valence-corrected chi connectivity index (χ0v) is 20.9. The maximum absolute atomic E-state index is 13.2. The van der Waals surface area contributed by atoms with E-state index in [9.17, 15) is 19.8 Å². The smallest absolute Gasteiger partial charge is 0.407 e. The topological polar surface area (TPSA) is 102 Å². The van der Waals surface area contributed by atoms with E-state index in [4.69, 9.17) is 4.74 Å². The van der Waals surface area contributed by atoms with Crippen molar-refractivity contribution >= 4 is 17.7 Å². The number of aliphatic hydroxyl groups is 2. The van der Waals surface area contributed by atoms with Gasteiger partial charge in [0.05, 0.1) is 18.8 Å². The first kappa shape index (κ1) is 26.0. The molecule has 8 nitrogen and oxygen atoms in total. The van der Waals surface area contributed by atoms with Gasteiger partial charge in [0.25, 0.3) is 5.91 Å². The van der Waals surface area contributed by atoms with Crippen molar-refractivity contribution in [2.24, 2.45) is 0 Å². The van der Waals surface area contributed by atoms with Crippen LogP contribution in [0.25, 0.3) is 0 Å². The lowest BCUT2D eigenvalue weighted by Crippen LogP contribution is -2.38. The fourth-order valence-electron chi connectivity index (χ4n) is 4.91. The van der Waals surface area contributed by atoms with Crippen molar-refractivity contribution in [1.29, 1.82) is 0 Å². The molecule has 0 aromatic heterocycles. The number of aliphatic hydroxyl groups excluding tert-OH is 2. The summed E-state index contributed by atoms with van der Waals surface area (Å²) in [5.41, 5.74) is 3.73. The second kappa shape index (κ2) is 12.2. The SMILES string of the molecule is CCCCOC(=O)NCc1cccc(C2CCN(C(=O)c3cccc(N4CC(O)C(O)C4)c3)CC2)c1. The highest BCUT2D eigenvalue weighted by Crippen LogP contribution is 2.30. The van der Waals surface area contributed by atoms with Crippen molar-refractivity contribution in [1.82, 2.24) is 10.2 Å². The molecule has 0 radical (unpaired) electrons. The molecule has 2 saturated heterocycles. The van der Waals surface area contributed by atoms with E-state index < -0.39 is 12.2 Å². The Morgan fingerprint density at radius 1 is 1.03 bits per heavy atom. The average Bonchev–Trinajstić information content (AvgIpc) is 3.25. The first-order chi connectivity index (χ1) is 17.4. The minimum atomic E-state index is -0.766. The average molecular weight is 496 g/mol. The molecule has 36 heavy (non-hydrogen) atoms. The number of hydrogen-bond acceptors (Lipinski definition) is 6. The molecule has 2 unspecified atom stereocenters. The lowest BCUT2D eigenvalue weighted by Gasteiger charge is -2.32. The van der Waals surface area contributed by atoms with Crippen LogP contribution in [-0.4, -0.2) is 72.1 Å². The van der Waals surface area contributed by atoms with Crippen LogP contribution in [-0.2, 0) is 11.3 Å². The number of carbonyl (C=O) groups excluding carboxylic acids is 2. The highest BCUT2D eigenvalue weighted by Gasteiger charge is 2.30. The van der Waals surface area contributed by atoms with E-state index in [1.165, 1.54) is 5.56 Å². The number of ether oxygens (including phenoxy) is 1. The van der Waals surface area contributed by atoms with E-state index in [2.05, 4.69) is 24.4 Å². The van der Waals surface area contributed by atoms with E-state index in [0.29, 0.717) is 50.8 Å². The summed E-state index contributed by atoms with van der Waals surface area (Å²) < 4.78 is 5.15. The van der Waals surface area contributed by atoms with Crippen molar-refractivity contribution in [2.75, 3.05) is 37.7 Å². The van der Waals surface area contributed by atoms with Gasteiger partial charge >= 0.3 is 6.09 Å². The molecule has 8 heteroatoms. The summed E-state index contributed by atoms with van der Waals surface area (Å²) in [5, 5.41) is 22.5. The molecule has 4 rings (SSSR count). The summed E-state index contributed by atoms with van der Waals surface area (Å²) in [5.74, 6) is 0.375. The first-order valence-electron chi connectivity index (χ1n) is 12.9. The van der Waals surface area contributed by atoms with E-state index in [-0.39, 0.29) is 12.0 Å². The van der Waals surface area contributed by atoms with Gasteiger partial charge in [-0.05, 0) is 54.5 Å². The maximum atomic E-state index is 13.2. The molecule has 2 aromatic carbocycles. The van der Waals surface area contributed by atoms with Crippen LogP contribution in [0.15, 0.2) is 48.5 Å². The summed E-state index contributed by atoms with van der Waals surface area (Å²) in [6, 6.07) is 15.7. The molecule has 3 N–H and O–H groups in total. The Morgan fingerprint density at radius 3 is 2.47 bits per heavy atom. The van der Waals surface area contributed by atoms with Gasteiger partial charge in [0.1, 0.15) is 0 Å². The number of anilines is 1. The number of rotatable bonds is 8. The van der Waals surface area contributed by atoms with Crippen LogP contribution in [0.2, 0.25) is 0 Å². The zero-order chi connectivity index (χ0) is 25.5. The number of hydrogen-bond donors (Lipinski definition) is 3. The van der Waals surface area contributed by atoms with Crippen LogP contribution in [0.3, 0.4) is 0 Å². The highest BCUT2D eigenvalue weighted by atomic mass is 16.5. The van der Waals surface area contributed by atoms with E-state index in [0.717, 1.165) is 36.9 Å². The van der Waals surface area contributed by atoms with Crippen LogP contribution >= 0.6 is 0 Å². The number of unbranched alkanes of at least 4 members (excludes halogenated alkanes) is 1. The minimum absolute atomic E-state index is 0.00938. The van der Waals surface area contributed by atoms with Gasteiger partial charge in [-0.15, -0.1) is 0 Å². The summed E-state index contributed by atoms with van der Waals surface area (Å²) in [6.45, 7) is 5.01. The summed E-state index contributed by atoms with van der Waals surface area (Å²) in [4.78, 5) is 28.8. The predicted octanol–water partition coefficient (Wildman–Crippen LogP) is 3.27. The third-order valence-corrected chi connectivity index (χ3v) is 7.09. The van der Waals surface area contributed by atoms with Crippen LogP contribution < -0.4 is 10.2 Å². The maximum Gasteiger partial charge on any atom is 0.407 e. The van der Waals surface area contributed by atoms with Crippen molar-refractivity contribution in [3.05, 3.63) is 65.2 Å². The molecular weight excluding hydrogens is 458 g/mol. The highest BCUT2D eigenvalue weighted by molar-refractivity contribution is 5.95. The first-order valence-corrected chi connectivity index (χ1v) is 12.9. The molecule has 2 heterocycles. The Kier molecular flexibility index (Phi) is 8.83. The number of benzene rings is 2. The molecule has 2 atom stereocenters. The molecule has 2 aliphatic rings. The number of nitrogens with one attached hydrogen (secondary N) is 1. The summed E-state index contributed by atoms with van der Waals surface area (Å²) in [7, 11) is 0. The molecule has 0 saturated carbocycles. The zero-order valence-electron chi connectivity index (χ0n) is 20.9. The van der Waals surface area contributed by atoms with E-state index in [1.54, 1.807) is 0 Å². The molecule has 2 fully saturated rings. The summed E-state index contributed by atoms with van der Waals surface area (Å²) >= 11 is 0. The molecule has 0 bridgehead atoms. The van der Waals surface area contributed by atoms with Gasteiger partial charge in [-0.2, -0.15) is 0 Å². The monoisotopic (exact) mass is 495 g/mol. The van der Waals surface area contributed by atoms with Crippen molar-refractivity contribution in [3.63, 3.8) is 0 Å². The molecule has 2 amide bonds. The number of piperidine rings is 1. The Bertz CT molecular complexity index is 1030. The van der Waals surface area contributed by atoms with E-state index in [1.807, 2.05) is 46.2 Å². The number of β-amino-alcohol motifs (C(OH)–C–C–N with tert-alkyl or cyclic N) is 2. The number of carbonyl (C=O) groups is 2.